The molecule has 43 heavy (non-hydrogen) atoms. The summed E-state index contributed by atoms with van der Waals surface area (Å²) in [5.74, 6) is 0.283. The molecule has 0 radical (unpaired) electrons. The molecule has 0 saturated carbocycles. The highest BCUT2D eigenvalue weighted by atomic mass is 32.2. The first-order valence-corrected chi connectivity index (χ1v) is 15.8. The minimum atomic E-state index is -4.22. The van der Waals surface area contributed by atoms with Crippen molar-refractivity contribution in [3.63, 3.8) is 0 Å². The van der Waals surface area contributed by atoms with Crippen molar-refractivity contribution in [1.82, 2.24) is 0 Å². The lowest BCUT2D eigenvalue weighted by molar-refractivity contribution is -0.114. The van der Waals surface area contributed by atoms with Crippen molar-refractivity contribution in [1.29, 1.82) is 0 Å². The van der Waals surface area contributed by atoms with Gasteiger partial charge < -0.3 is 19.5 Å². The number of amides is 1. The van der Waals surface area contributed by atoms with Gasteiger partial charge in [0.15, 0.2) is 11.5 Å². The van der Waals surface area contributed by atoms with E-state index in [0.29, 0.717) is 11.5 Å². The Labute approximate surface area is 251 Å². The molecule has 226 valence electrons. The Bertz CT molecular complexity index is 1810. The van der Waals surface area contributed by atoms with Gasteiger partial charge in [-0.25, -0.2) is 16.8 Å². The lowest BCUT2D eigenvalue weighted by Gasteiger charge is -2.24. The predicted molar refractivity (Wildman–Crippen MR) is 164 cm³/mol. The number of anilines is 3. The Kier molecular flexibility index (Phi) is 9.46. The van der Waals surface area contributed by atoms with E-state index in [1.807, 2.05) is 6.92 Å². The summed E-state index contributed by atoms with van der Waals surface area (Å²) >= 11 is 0. The molecule has 0 aromatic heterocycles. The number of aryl methyl sites for hydroxylation is 1. The van der Waals surface area contributed by atoms with Crippen LogP contribution in [-0.2, 0) is 24.8 Å². The number of carbonyl (C=O) groups excluding carboxylic acids is 1. The van der Waals surface area contributed by atoms with Gasteiger partial charge in [0, 0.05) is 11.8 Å². The number of carbonyl (C=O) groups is 1. The molecule has 0 bridgehead atoms. The number of benzene rings is 4. The van der Waals surface area contributed by atoms with Crippen LogP contribution in [0.3, 0.4) is 0 Å². The van der Waals surface area contributed by atoms with Gasteiger partial charge in [-0.15, -0.1) is 0 Å². The van der Waals surface area contributed by atoms with Gasteiger partial charge in [-0.2, -0.15) is 0 Å². The highest BCUT2D eigenvalue weighted by molar-refractivity contribution is 7.93. The topological polar surface area (TPSA) is 140 Å². The molecule has 4 rings (SSSR count). The maximum absolute atomic E-state index is 13.7. The van der Waals surface area contributed by atoms with Crippen LogP contribution in [-0.4, -0.2) is 50.6 Å². The third-order valence-electron chi connectivity index (χ3n) is 6.32. The van der Waals surface area contributed by atoms with Crippen LogP contribution in [0.1, 0.15) is 5.56 Å². The fourth-order valence-corrected chi connectivity index (χ4v) is 6.67. The standard InChI is InChI=1S/C30H31N3O8S2/c1-21-10-16-27(39-2)26(18-21)32-42(35,36)24-13-11-22(12-14-24)31-30(34)20-33(23-8-6-5-7-9-23)43(37,38)25-15-17-28(40-3)29(19-25)41-4/h5-19,32H,20H2,1-4H3,(H,31,34). The molecule has 0 aliphatic heterocycles. The Morgan fingerprint density at radius 1 is 0.721 bits per heavy atom. The van der Waals surface area contributed by atoms with Crippen LogP contribution in [0.5, 0.6) is 17.2 Å². The number of methoxy groups -OCH3 is 3. The highest BCUT2D eigenvalue weighted by Gasteiger charge is 2.28. The van der Waals surface area contributed by atoms with E-state index < -0.39 is 32.5 Å². The van der Waals surface area contributed by atoms with E-state index in [0.717, 1.165) is 9.87 Å². The summed E-state index contributed by atoms with van der Waals surface area (Å²) in [7, 11) is -3.93. The molecule has 0 atom stereocenters. The number of para-hydroxylation sites is 1. The Balaban J connectivity index is 1.55. The minimum absolute atomic E-state index is 0.0454. The summed E-state index contributed by atoms with van der Waals surface area (Å²) in [5, 5.41) is 2.64. The smallest absolute Gasteiger partial charge is 0.264 e. The Morgan fingerprint density at radius 3 is 1.95 bits per heavy atom. The first-order chi connectivity index (χ1) is 20.5. The van der Waals surface area contributed by atoms with Gasteiger partial charge in [0.25, 0.3) is 20.0 Å². The van der Waals surface area contributed by atoms with Crippen LogP contribution in [0, 0.1) is 6.92 Å². The summed E-state index contributed by atoms with van der Waals surface area (Å²) in [5.41, 5.74) is 1.67. The third kappa shape index (κ3) is 7.19. The number of rotatable bonds is 12. The van der Waals surface area contributed by atoms with Crippen LogP contribution in [0.4, 0.5) is 17.1 Å². The van der Waals surface area contributed by atoms with E-state index in [4.69, 9.17) is 14.2 Å². The number of hydrogen-bond acceptors (Lipinski definition) is 8. The van der Waals surface area contributed by atoms with Gasteiger partial charge in [-0.05, 0) is 73.2 Å². The van der Waals surface area contributed by atoms with Gasteiger partial charge >= 0.3 is 0 Å². The molecule has 11 nitrogen and oxygen atoms in total. The molecule has 0 aliphatic rings. The maximum Gasteiger partial charge on any atom is 0.264 e. The highest BCUT2D eigenvalue weighted by Crippen LogP contribution is 2.32. The largest absolute Gasteiger partial charge is 0.495 e. The molecule has 13 heteroatoms. The Hall–Kier alpha value is -4.75. The molecule has 1 amide bonds. The summed E-state index contributed by atoms with van der Waals surface area (Å²) in [4.78, 5) is 13.0. The lowest BCUT2D eigenvalue weighted by atomic mass is 10.2. The zero-order valence-electron chi connectivity index (χ0n) is 23.9. The summed E-state index contributed by atoms with van der Waals surface area (Å²) in [6.07, 6.45) is 0. The van der Waals surface area contributed by atoms with Crippen LogP contribution in [0.2, 0.25) is 0 Å². The van der Waals surface area contributed by atoms with Gasteiger partial charge in [0.05, 0.1) is 42.5 Å². The van der Waals surface area contributed by atoms with E-state index in [1.165, 1.54) is 63.8 Å². The van der Waals surface area contributed by atoms with E-state index in [1.54, 1.807) is 48.5 Å². The second kappa shape index (κ2) is 13.0. The molecular formula is C30H31N3O8S2. The molecule has 4 aromatic carbocycles. The maximum atomic E-state index is 13.7. The lowest BCUT2D eigenvalue weighted by Crippen LogP contribution is -2.38. The number of nitrogens with one attached hydrogen (secondary N) is 2. The fraction of sp³-hybridized carbons (Fsp3) is 0.167. The fourth-order valence-electron chi connectivity index (χ4n) is 4.17. The van der Waals surface area contributed by atoms with Crippen molar-refractivity contribution in [2.45, 2.75) is 16.7 Å². The third-order valence-corrected chi connectivity index (χ3v) is 9.47. The van der Waals surface area contributed by atoms with E-state index in [-0.39, 0.29) is 32.6 Å². The number of ether oxygens (including phenoxy) is 3. The van der Waals surface area contributed by atoms with Crippen molar-refractivity contribution < 1.29 is 35.8 Å². The predicted octanol–water partition coefficient (Wildman–Crippen LogP) is 4.66. The van der Waals surface area contributed by atoms with Crippen molar-refractivity contribution in [2.24, 2.45) is 0 Å². The van der Waals surface area contributed by atoms with Gasteiger partial charge in [0.1, 0.15) is 12.3 Å². The zero-order valence-corrected chi connectivity index (χ0v) is 25.5. The number of sulfonamides is 2. The SMILES string of the molecule is COc1ccc(C)cc1NS(=O)(=O)c1ccc(NC(=O)CN(c2ccccc2)S(=O)(=O)c2ccc(OC)c(OC)c2)cc1. The van der Waals surface area contributed by atoms with Crippen LogP contribution in [0.15, 0.2) is 101 Å². The van der Waals surface area contributed by atoms with Gasteiger partial charge in [-0.1, -0.05) is 24.3 Å². The van der Waals surface area contributed by atoms with Gasteiger partial charge in [-0.3, -0.25) is 13.8 Å². The Morgan fingerprint density at radius 2 is 1.33 bits per heavy atom. The average Bonchev–Trinajstić information content (AvgIpc) is 3.00. The van der Waals surface area contributed by atoms with Crippen LogP contribution < -0.4 is 28.6 Å². The average molecular weight is 626 g/mol. The molecule has 4 aromatic rings. The normalized spacial score (nSPS) is 11.3. The van der Waals surface area contributed by atoms with Crippen LogP contribution >= 0.6 is 0 Å². The molecule has 2 N–H and O–H groups in total. The van der Waals surface area contributed by atoms with Crippen molar-refractivity contribution in [3.8, 4) is 17.2 Å². The molecule has 0 saturated heterocycles. The monoisotopic (exact) mass is 625 g/mol. The molecule has 0 heterocycles. The molecule has 0 spiro atoms. The molecule has 0 aliphatic carbocycles. The first-order valence-electron chi connectivity index (χ1n) is 12.9. The summed E-state index contributed by atoms with van der Waals surface area (Å²) < 4.78 is 72.7. The summed E-state index contributed by atoms with van der Waals surface area (Å²) in [6.45, 7) is 1.27. The van der Waals surface area contributed by atoms with Gasteiger partial charge in [0.2, 0.25) is 5.91 Å². The second-order valence-electron chi connectivity index (χ2n) is 9.25. The first kappa shape index (κ1) is 31.2. The van der Waals surface area contributed by atoms with Crippen molar-refractivity contribution in [3.05, 3.63) is 96.6 Å². The summed E-state index contributed by atoms with van der Waals surface area (Å²) in [6, 6.07) is 22.9. The number of hydrogen-bond donors (Lipinski definition) is 2. The zero-order chi connectivity index (χ0) is 31.2. The molecule has 0 unspecified atom stereocenters. The second-order valence-corrected chi connectivity index (χ2v) is 12.8. The van der Waals surface area contributed by atoms with Crippen LogP contribution in [0.25, 0.3) is 0 Å². The van der Waals surface area contributed by atoms with E-state index in [9.17, 15) is 21.6 Å². The quantitative estimate of drug-likeness (QED) is 0.232. The van der Waals surface area contributed by atoms with Crippen molar-refractivity contribution >= 4 is 43.0 Å². The van der Waals surface area contributed by atoms with E-state index in [2.05, 4.69) is 10.0 Å². The molecular weight excluding hydrogens is 594 g/mol. The van der Waals surface area contributed by atoms with Crippen molar-refractivity contribution in [2.75, 3.05) is 42.2 Å². The minimum Gasteiger partial charge on any atom is -0.495 e. The number of nitrogens with zero attached hydrogens (tertiary/aromatic N) is 1. The van der Waals surface area contributed by atoms with E-state index >= 15 is 0 Å². The molecule has 0 fully saturated rings.